The standard InChI is InChI=1S/C12H18O6/c1-4-7-16-10(13)5-6-11(14)17-8-12(15)18-9(2)3/h5-6,9H,4,7-8H2,1-3H3/b6-5+. The second-order valence-electron chi connectivity index (χ2n) is 3.65. The molecule has 0 saturated carbocycles. The first-order valence-electron chi connectivity index (χ1n) is 5.66. The molecule has 0 aromatic heterocycles. The van der Waals surface area contributed by atoms with Crippen LogP contribution in [0, 0.1) is 0 Å². The molecule has 0 unspecified atom stereocenters. The summed E-state index contributed by atoms with van der Waals surface area (Å²) < 4.78 is 14.0. The number of ether oxygens (including phenoxy) is 3. The van der Waals surface area contributed by atoms with Gasteiger partial charge in [0.25, 0.3) is 0 Å². The van der Waals surface area contributed by atoms with Gasteiger partial charge >= 0.3 is 17.9 Å². The lowest BCUT2D eigenvalue weighted by Gasteiger charge is -2.07. The molecule has 0 N–H and O–H groups in total. The first kappa shape index (κ1) is 16.1. The zero-order valence-electron chi connectivity index (χ0n) is 10.8. The van der Waals surface area contributed by atoms with Crippen molar-refractivity contribution in [2.75, 3.05) is 13.2 Å². The van der Waals surface area contributed by atoms with Gasteiger partial charge in [-0.1, -0.05) is 6.92 Å². The smallest absolute Gasteiger partial charge is 0.344 e. The van der Waals surface area contributed by atoms with Crippen LogP contribution >= 0.6 is 0 Å². The minimum Gasteiger partial charge on any atom is -0.463 e. The van der Waals surface area contributed by atoms with Crippen LogP contribution in [0.25, 0.3) is 0 Å². The Labute approximate surface area is 106 Å². The van der Waals surface area contributed by atoms with Gasteiger partial charge in [-0.2, -0.15) is 0 Å². The summed E-state index contributed by atoms with van der Waals surface area (Å²) in [7, 11) is 0. The maximum Gasteiger partial charge on any atom is 0.344 e. The molecule has 0 aromatic rings. The summed E-state index contributed by atoms with van der Waals surface area (Å²) in [4.78, 5) is 33.1. The average molecular weight is 258 g/mol. The van der Waals surface area contributed by atoms with E-state index in [9.17, 15) is 14.4 Å². The minimum absolute atomic E-state index is 0.268. The van der Waals surface area contributed by atoms with Crippen LogP contribution in [0.4, 0.5) is 0 Å². The van der Waals surface area contributed by atoms with E-state index in [-0.39, 0.29) is 6.10 Å². The van der Waals surface area contributed by atoms with Gasteiger partial charge in [0.15, 0.2) is 6.61 Å². The third-order valence-corrected chi connectivity index (χ3v) is 1.50. The van der Waals surface area contributed by atoms with Crippen LogP contribution in [-0.4, -0.2) is 37.2 Å². The van der Waals surface area contributed by atoms with Crippen LogP contribution in [0.2, 0.25) is 0 Å². The molecule has 0 heterocycles. The van der Waals surface area contributed by atoms with Gasteiger partial charge in [-0.05, 0) is 20.3 Å². The minimum atomic E-state index is -0.802. The number of esters is 3. The van der Waals surface area contributed by atoms with Gasteiger partial charge in [-0.25, -0.2) is 14.4 Å². The Bertz CT molecular complexity index is 319. The molecule has 0 saturated heterocycles. The molecule has 0 atom stereocenters. The third-order valence-electron chi connectivity index (χ3n) is 1.50. The first-order valence-corrected chi connectivity index (χ1v) is 5.66. The van der Waals surface area contributed by atoms with Crippen molar-refractivity contribution in [1.29, 1.82) is 0 Å². The highest BCUT2D eigenvalue weighted by atomic mass is 16.6. The van der Waals surface area contributed by atoms with E-state index in [0.29, 0.717) is 13.0 Å². The van der Waals surface area contributed by atoms with Crippen molar-refractivity contribution < 1.29 is 28.6 Å². The number of rotatable bonds is 7. The quantitative estimate of drug-likeness (QED) is 0.385. The van der Waals surface area contributed by atoms with Gasteiger partial charge < -0.3 is 14.2 Å². The van der Waals surface area contributed by atoms with Crippen molar-refractivity contribution in [1.82, 2.24) is 0 Å². The summed E-state index contributed by atoms with van der Waals surface area (Å²) in [6.07, 6.45) is 2.29. The van der Waals surface area contributed by atoms with Crippen LogP contribution in [0.1, 0.15) is 27.2 Å². The molecule has 0 radical (unpaired) electrons. The second kappa shape index (κ2) is 9.21. The molecular weight excluding hydrogens is 240 g/mol. The van der Waals surface area contributed by atoms with Crippen molar-refractivity contribution in [3.8, 4) is 0 Å². The molecule has 0 amide bonds. The molecule has 0 fully saturated rings. The summed E-state index contributed by atoms with van der Waals surface area (Å²) in [5, 5.41) is 0. The van der Waals surface area contributed by atoms with E-state index in [1.807, 2.05) is 6.92 Å². The molecule has 0 aliphatic heterocycles. The molecule has 0 aromatic carbocycles. The number of hydrogen-bond donors (Lipinski definition) is 0. The Morgan fingerprint density at radius 3 is 2.11 bits per heavy atom. The summed E-state index contributed by atoms with van der Waals surface area (Å²) in [5.74, 6) is -2.07. The zero-order chi connectivity index (χ0) is 14.0. The van der Waals surface area contributed by atoms with Crippen molar-refractivity contribution in [2.24, 2.45) is 0 Å². The highest BCUT2D eigenvalue weighted by Gasteiger charge is 2.08. The Kier molecular flexibility index (Phi) is 8.26. The van der Waals surface area contributed by atoms with Crippen LogP contribution in [0.15, 0.2) is 12.2 Å². The maximum absolute atomic E-state index is 11.1. The van der Waals surface area contributed by atoms with Crippen molar-refractivity contribution in [3.63, 3.8) is 0 Å². The van der Waals surface area contributed by atoms with E-state index >= 15 is 0 Å². The van der Waals surface area contributed by atoms with E-state index in [1.165, 1.54) is 0 Å². The summed E-state index contributed by atoms with van der Waals surface area (Å²) in [5.41, 5.74) is 0. The summed E-state index contributed by atoms with van der Waals surface area (Å²) in [6.45, 7) is 5.03. The van der Waals surface area contributed by atoms with Crippen molar-refractivity contribution >= 4 is 17.9 Å². The molecule has 0 rings (SSSR count). The van der Waals surface area contributed by atoms with E-state index in [4.69, 9.17) is 9.47 Å². The predicted octanol–water partition coefficient (Wildman–Crippen LogP) is 0.991. The Morgan fingerprint density at radius 2 is 1.61 bits per heavy atom. The predicted molar refractivity (Wildman–Crippen MR) is 62.6 cm³/mol. The van der Waals surface area contributed by atoms with E-state index in [2.05, 4.69) is 4.74 Å². The Hall–Kier alpha value is -1.85. The van der Waals surface area contributed by atoms with Crippen LogP contribution in [-0.2, 0) is 28.6 Å². The highest BCUT2D eigenvalue weighted by molar-refractivity contribution is 5.92. The van der Waals surface area contributed by atoms with Gasteiger partial charge in [0.2, 0.25) is 0 Å². The van der Waals surface area contributed by atoms with Crippen molar-refractivity contribution in [2.45, 2.75) is 33.3 Å². The first-order chi connectivity index (χ1) is 8.45. The molecule has 18 heavy (non-hydrogen) atoms. The molecule has 102 valence electrons. The molecule has 0 spiro atoms. The fourth-order valence-corrected chi connectivity index (χ4v) is 0.862. The molecule has 0 bridgehead atoms. The topological polar surface area (TPSA) is 78.9 Å². The molecule has 0 aliphatic rings. The number of carbonyl (C=O) groups excluding carboxylic acids is 3. The van der Waals surface area contributed by atoms with Gasteiger partial charge in [-0.15, -0.1) is 0 Å². The number of hydrogen-bond acceptors (Lipinski definition) is 6. The SMILES string of the molecule is CCCOC(=O)/C=C/C(=O)OCC(=O)OC(C)C. The fraction of sp³-hybridized carbons (Fsp3) is 0.583. The Balaban J connectivity index is 3.86. The van der Waals surface area contributed by atoms with Gasteiger partial charge in [0.05, 0.1) is 12.7 Å². The van der Waals surface area contributed by atoms with Gasteiger partial charge in [0, 0.05) is 12.2 Å². The van der Waals surface area contributed by atoms with E-state index in [1.54, 1.807) is 13.8 Å². The average Bonchev–Trinajstić information content (AvgIpc) is 2.30. The number of carbonyl (C=O) groups is 3. The van der Waals surface area contributed by atoms with Crippen LogP contribution in [0.3, 0.4) is 0 Å². The van der Waals surface area contributed by atoms with Gasteiger partial charge in [0.1, 0.15) is 0 Å². The monoisotopic (exact) mass is 258 g/mol. The Morgan fingerprint density at radius 1 is 1.06 bits per heavy atom. The lowest BCUT2D eigenvalue weighted by atomic mass is 10.5. The van der Waals surface area contributed by atoms with Crippen molar-refractivity contribution in [3.05, 3.63) is 12.2 Å². The molecular formula is C12H18O6. The fourth-order valence-electron chi connectivity index (χ4n) is 0.862. The molecule has 0 aliphatic carbocycles. The van der Waals surface area contributed by atoms with Gasteiger partial charge in [-0.3, -0.25) is 0 Å². The third kappa shape index (κ3) is 9.38. The normalized spacial score (nSPS) is 10.4. The zero-order valence-corrected chi connectivity index (χ0v) is 10.8. The van der Waals surface area contributed by atoms with E-state index < -0.39 is 24.5 Å². The van der Waals surface area contributed by atoms with Crippen LogP contribution < -0.4 is 0 Å². The molecule has 6 heteroatoms. The maximum atomic E-state index is 11.1. The molecule has 6 nitrogen and oxygen atoms in total. The lowest BCUT2D eigenvalue weighted by Crippen LogP contribution is -2.18. The second-order valence-corrected chi connectivity index (χ2v) is 3.65. The summed E-state index contributed by atoms with van der Waals surface area (Å²) >= 11 is 0. The highest BCUT2D eigenvalue weighted by Crippen LogP contribution is 1.92. The largest absolute Gasteiger partial charge is 0.463 e. The summed E-state index contributed by atoms with van der Waals surface area (Å²) in [6, 6.07) is 0. The lowest BCUT2D eigenvalue weighted by molar-refractivity contribution is -0.158. The van der Waals surface area contributed by atoms with E-state index in [0.717, 1.165) is 12.2 Å². The van der Waals surface area contributed by atoms with Crippen LogP contribution in [0.5, 0.6) is 0 Å².